The number of nitrogens with zero attached hydrogens (tertiary/aromatic N) is 1. The van der Waals surface area contributed by atoms with Gasteiger partial charge in [-0.25, -0.2) is 0 Å². The Morgan fingerprint density at radius 2 is 1.76 bits per heavy atom. The molecule has 1 amide bonds. The molecule has 0 spiro atoms. The minimum Gasteiger partial charge on any atom is -0.350 e. The van der Waals surface area contributed by atoms with E-state index in [1.54, 1.807) is 0 Å². The summed E-state index contributed by atoms with van der Waals surface area (Å²) in [6, 6.07) is 0.326. The molecule has 0 aromatic rings. The highest BCUT2D eigenvalue weighted by Gasteiger charge is 2.20. The van der Waals surface area contributed by atoms with Crippen molar-refractivity contribution >= 4 is 30.7 Å². The Labute approximate surface area is 117 Å². The molecule has 1 fully saturated rings. The summed E-state index contributed by atoms with van der Waals surface area (Å²) in [6.45, 7) is 8.38. The van der Waals surface area contributed by atoms with Crippen molar-refractivity contribution in [3.05, 3.63) is 0 Å². The van der Waals surface area contributed by atoms with Crippen LogP contribution < -0.4 is 11.1 Å². The van der Waals surface area contributed by atoms with Crippen LogP contribution in [0.15, 0.2) is 0 Å². The number of hydrogen-bond donors (Lipinski definition) is 2. The van der Waals surface area contributed by atoms with Gasteiger partial charge in [0.2, 0.25) is 5.91 Å². The molecule has 0 aromatic heterocycles. The van der Waals surface area contributed by atoms with Crippen molar-refractivity contribution in [3.63, 3.8) is 0 Å². The second kappa shape index (κ2) is 8.14. The Balaban J connectivity index is 0. The lowest BCUT2D eigenvalue weighted by Crippen LogP contribution is -2.48. The quantitative estimate of drug-likeness (QED) is 0.801. The summed E-state index contributed by atoms with van der Waals surface area (Å²) in [6.07, 6.45) is 2.01. The highest BCUT2D eigenvalue weighted by Crippen LogP contribution is 2.07. The standard InChI is InChI=1S/C11H23N3O.2ClH/c1-11(2,3)13-10(15)8-14-6-4-9(12)5-7-14;;/h9H,4-8,12H2,1-3H3,(H,13,15);2*1H. The number of hydrogen-bond acceptors (Lipinski definition) is 3. The number of carbonyl (C=O) groups excluding carboxylic acids is 1. The molecule has 0 atom stereocenters. The highest BCUT2D eigenvalue weighted by atomic mass is 35.5. The van der Waals surface area contributed by atoms with E-state index < -0.39 is 0 Å². The lowest BCUT2D eigenvalue weighted by molar-refractivity contribution is -0.123. The summed E-state index contributed by atoms with van der Waals surface area (Å²) in [4.78, 5) is 13.8. The lowest BCUT2D eigenvalue weighted by atomic mass is 10.1. The van der Waals surface area contributed by atoms with Crippen LogP contribution in [0.1, 0.15) is 33.6 Å². The van der Waals surface area contributed by atoms with Crippen molar-refractivity contribution in [2.45, 2.75) is 45.2 Å². The molecule has 0 aromatic carbocycles. The third-order valence-electron chi connectivity index (χ3n) is 2.51. The van der Waals surface area contributed by atoms with Crippen molar-refractivity contribution in [2.75, 3.05) is 19.6 Å². The Morgan fingerprint density at radius 1 is 1.29 bits per heavy atom. The monoisotopic (exact) mass is 285 g/mol. The number of amides is 1. The molecule has 1 heterocycles. The van der Waals surface area contributed by atoms with E-state index in [-0.39, 0.29) is 36.3 Å². The average molecular weight is 286 g/mol. The summed E-state index contributed by atoms with van der Waals surface area (Å²) in [5, 5.41) is 2.97. The fourth-order valence-electron chi connectivity index (χ4n) is 1.77. The van der Waals surface area contributed by atoms with Crippen LogP contribution in [0.2, 0.25) is 0 Å². The average Bonchev–Trinajstić information content (AvgIpc) is 2.05. The molecule has 104 valence electrons. The maximum atomic E-state index is 11.6. The van der Waals surface area contributed by atoms with Gasteiger partial charge in [-0.1, -0.05) is 0 Å². The molecule has 3 N–H and O–H groups in total. The first-order valence-corrected chi connectivity index (χ1v) is 5.66. The van der Waals surface area contributed by atoms with E-state index in [1.165, 1.54) is 0 Å². The van der Waals surface area contributed by atoms with Crippen molar-refractivity contribution in [2.24, 2.45) is 5.73 Å². The number of nitrogens with two attached hydrogens (primary N) is 1. The summed E-state index contributed by atoms with van der Waals surface area (Å²) in [5.41, 5.74) is 5.67. The molecule has 1 aliphatic rings. The van der Waals surface area contributed by atoms with Crippen molar-refractivity contribution in [3.8, 4) is 0 Å². The second-order valence-corrected chi connectivity index (χ2v) is 5.41. The maximum Gasteiger partial charge on any atom is 0.234 e. The topological polar surface area (TPSA) is 58.4 Å². The van der Waals surface area contributed by atoms with Crippen LogP contribution in [0.5, 0.6) is 0 Å². The van der Waals surface area contributed by atoms with Gasteiger partial charge in [-0.05, 0) is 33.6 Å². The molecule has 0 bridgehead atoms. The van der Waals surface area contributed by atoms with E-state index in [1.807, 2.05) is 20.8 Å². The molecular weight excluding hydrogens is 261 g/mol. The fraction of sp³-hybridized carbons (Fsp3) is 0.909. The zero-order valence-corrected chi connectivity index (χ0v) is 12.5. The third kappa shape index (κ3) is 8.66. The van der Waals surface area contributed by atoms with E-state index in [0.717, 1.165) is 25.9 Å². The minimum atomic E-state index is -0.136. The van der Waals surface area contributed by atoms with Gasteiger partial charge in [0.25, 0.3) is 0 Å². The molecule has 17 heavy (non-hydrogen) atoms. The van der Waals surface area contributed by atoms with Gasteiger partial charge in [0.15, 0.2) is 0 Å². The van der Waals surface area contributed by atoms with Crippen LogP contribution in [0, 0.1) is 0 Å². The number of carbonyl (C=O) groups is 1. The zero-order chi connectivity index (χ0) is 11.5. The number of likely N-dealkylation sites (tertiary alicyclic amines) is 1. The second-order valence-electron chi connectivity index (χ2n) is 5.41. The van der Waals surface area contributed by atoms with E-state index in [4.69, 9.17) is 5.73 Å². The van der Waals surface area contributed by atoms with Crippen LogP contribution in [0.3, 0.4) is 0 Å². The Bertz CT molecular complexity index is 223. The zero-order valence-electron chi connectivity index (χ0n) is 10.9. The summed E-state index contributed by atoms with van der Waals surface area (Å²) in [7, 11) is 0. The third-order valence-corrected chi connectivity index (χ3v) is 2.51. The molecule has 0 radical (unpaired) electrons. The smallest absolute Gasteiger partial charge is 0.234 e. The first kappa shape index (κ1) is 19.3. The molecule has 1 rings (SSSR count). The van der Waals surface area contributed by atoms with E-state index in [9.17, 15) is 4.79 Å². The minimum absolute atomic E-state index is 0. The van der Waals surface area contributed by atoms with Crippen LogP contribution in [-0.2, 0) is 4.79 Å². The Kier molecular flexibility index (Phi) is 9.25. The molecule has 1 saturated heterocycles. The molecule has 6 heteroatoms. The predicted molar refractivity (Wildman–Crippen MR) is 76.0 cm³/mol. The van der Waals surface area contributed by atoms with Gasteiger partial charge in [0, 0.05) is 24.7 Å². The Hall–Kier alpha value is -0.0300. The molecule has 0 unspecified atom stereocenters. The van der Waals surface area contributed by atoms with Crippen LogP contribution in [-0.4, -0.2) is 42.0 Å². The molecule has 1 aliphatic heterocycles. The van der Waals surface area contributed by atoms with Gasteiger partial charge in [-0.15, -0.1) is 24.8 Å². The van der Waals surface area contributed by atoms with Crippen molar-refractivity contribution in [1.82, 2.24) is 10.2 Å². The van der Waals surface area contributed by atoms with Gasteiger partial charge >= 0.3 is 0 Å². The SMILES string of the molecule is CC(C)(C)NC(=O)CN1CCC(N)CC1.Cl.Cl. The van der Waals surface area contributed by atoms with Crippen molar-refractivity contribution in [1.29, 1.82) is 0 Å². The van der Waals surface area contributed by atoms with Gasteiger partial charge in [0.05, 0.1) is 6.54 Å². The number of piperidine rings is 1. The van der Waals surface area contributed by atoms with Gasteiger partial charge < -0.3 is 11.1 Å². The largest absolute Gasteiger partial charge is 0.350 e. The maximum absolute atomic E-state index is 11.6. The van der Waals surface area contributed by atoms with Crippen LogP contribution in [0.4, 0.5) is 0 Å². The number of halogens is 2. The predicted octanol–water partition coefficient (Wildman–Crippen LogP) is 1.17. The fourth-order valence-corrected chi connectivity index (χ4v) is 1.77. The Morgan fingerprint density at radius 3 is 2.18 bits per heavy atom. The lowest BCUT2D eigenvalue weighted by Gasteiger charge is -2.30. The molecule has 0 saturated carbocycles. The molecule has 4 nitrogen and oxygen atoms in total. The van der Waals surface area contributed by atoms with Crippen LogP contribution in [0.25, 0.3) is 0 Å². The van der Waals surface area contributed by atoms with Crippen LogP contribution >= 0.6 is 24.8 Å². The first-order valence-electron chi connectivity index (χ1n) is 5.66. The van der Waals surface area contributed by atoms with Gasteiger partial charge in [-0.3, -0.25) is 9.69 Å². The number of rotatable bonds is 2. The summed E-state index contributed by atoms with van der Waals surface area (Å²) < 4.78 is 0. The van der Waals surface area contributed by atoms with Crippen molar-refractivity contribution < 1.29 is 4.79 Å². The van der Waals surface area contributed by atoms with Gasteiger partial charge in [-0.2, -0.15) is 0 Å². The summed E-state index contributed by atoms with van der Waals surface area (Å²) in [5.74, 6) is 0.109. The van der Waals surface area contributed by atoms with E-state index >= 15 is 0 Å². The normalized spacial score (nSPS) is 17.9. The van der Waals surface area contributed by atoms with E-state index in [2.05, 4.69) is 10.2 Å². The van der Waals surface area contributed by atoms with Gasteiger partial charge in [0.1, 0.15) is 0 Å². The highest BCUT2D eigenvalue weighted by molar-refractivity contribution is 5.85. The molecule has 0 aliphatic carbocycles. The van der Waals surface area contributed by atoms with E-state index in [0.29, 0.717) is 12.6 Å². The summed E-state index contributed by atoms with van der Waals surface area (Å²) >= 11 is 0. The first-order chi connectivity index (χ1) is 6.87. The number of nitrogens with one attached hydrogen (secondary N) is 1. The molecular formula is C11H25Cl2N3O.